The molecular weight excluding hydrogens is 138 g/mol. The molecule has 0 bridgehead atoms. The van der Waals surface area contributed by atoms with Crippen molar-refractivity contribution in [3.63, 3.8) is 0 Å². The van der Waals surface area contributed by atoms with Gasteiger partial charge in [-0.3, -0.25) is 0 Å². The van der Waals surface area contributed by atoms with Gasteiger partial charge in [0.1, 0.15) is 0 Å². The van der Waals surface area contributed by atoms with Gasteiger partial charge in [0.25, 0.3) is 0 Å². The van der Waals surface area contributed by atoms with Gasteiger partial charge in [-0.15, -0.1) is 12.4 Å². The summed E-state index contributed by atoms with van der Waals surface area (Å²) in [7, 11) is 0. The number of aliphatic hydroxyl groups is 1. The highest BCUT2D eigenvalue weighted by Gasteiger charge is 2.12. The van der Waals surface area contributed by atoms with Crippen LogP contribution in [0, 0.1) is 5.92 Å². The van der Waals surface area contributed by atoms with Crippen molar-refractivity contribution in [2.75, 3.05) is 0 Å². The Kier molecular flexibility index (Phi) is 6.68. The molecule has 9 heavy (non-hydrogen) atoms. The molecule has 0 aliphatic carbocycles. The van der Waals surface area contributed by atoms with Crippen LogP contribution in [-0.4, -0.2) is 17.3 Å². The summed E-state index contributed by atoms with van der Waals surface area (Å²) >= 11 is 0. The Labute approximate surface area is 62.9 Å². The Morgan fingerprint density at radius 2 is 1.56 bits per heavy atom. The van der Waals surface area contributed by atoms with Crippen LogP contribution in [0.25, 0.3) is 0 Å². The topological polar surface area (TPSA) is 46.2 Å². The van der Waals surface area contributed by atoms with Gasteiger partial charge < -0.3 is 10.8 Å². The first-order valence-electron chi connectivity index (χ1n) is 2.99. The minimum Gasteiger partial charge on any atom is -0.391 e. The van der Waals surface area contributed by atoms with Crippen LogP contribution in [0.3, 0.4) is 0 Å². The third-order valence-electron chi connectivity index (χ3n) is 1.22. The lowest BCUT2D eigenvalue weighted by Crippen LogP contribution is -2.35. The summed E-state index contributed by atoms with van der Waals surface area (Å²) in [5.41, 5.74) is 5.39. The summed E-state index contributed by atoms with van der Waals surface area (Å²) in [4.78, 5) is 0. The van der Waals surface area contributed by atoms with E-state index in [-0.39, 0.29) is 30.5 Å². The quantitative estimate of drug-likeness (QED) is 0.616. The molecule has 0 amide bonds. The summed E-state index contributed by atoms with van der Waals surface area (Å²) < 4.78 is 0. The van der Waals surface area contributed by atoms with Gasteiger partial charge in [-0.05, 0) is 12.8 Å². The minimum atomic E-state index is -0.352. The monoisotopic (exact) mass is 153 g/mol. The molecule has 0 saturated heterocycles. The maximum Gasteiger partial charge on any atom is 0.0711 e. The van der Waals surface area contributed by atoms with Crippen LogP contribution < -0.4 is 5.73 Å². The highest BCUT2D eigenvalue weighted by atomic mass is 35.5. The van der Waals surface area contributed by atoms with E-state index < -0.39 is 0 Å². The Bertz CT molecular complexity index is 58.1. The molecule has 0 aromatic carbocycles. The highest BCUT2D eigenvalue weighted by molar-refractivity contribution is 5.85. The zero-order chi connectivity index (χ0) is 6.73. The largest absolute Gasteiger partial charge is 0.391 e. The fourth-order valence-corrected chi connectivity index (χ4v) is 0.607. The zero-order valence-corrected chi connectivity index (χ0v) is 6.98. The lowest BCUT2D eigenvalue weighted by molar-refractivity contribution is 0.104. The van der Waals surface area contributed by atoms with E-state index in [4.69, 9.17) is 10.8 Å². The van der Waals surface area contributed by atoms with Crippen LogP contribution in [0.4, 0.5) is 0 Å². The highest BCUT2D eigenvalue weighted by Crippen LogP contribution is 2.02. The average Bonchev–Trinajstić information content (AvgIpc) is 1.64. The summed E-state index contributed by atoms with van der Waals surface area (Å²) in [5.74, 6) is 0.273. The molecule has 0 radical (unpaired) electrons. The van der Waals surface area contributed by atoms with E-state index in [1.165, 1.54) is 0 Å². The smallest absolute Gasteiger partial charge is 0.0711 e. The molecule has 3 heteroatoms. The van der Waals surface area contributed by atoms with E-state index in [0.29, 0.717) is 0 Å². The van der Waals surface area contributed by atoms with Crippen molar-refractivity contribution < 1.29 is 5.11 Å². The first-order valence-corrected chi connectivity index (χ1v) is 2.99. The molecule has 0 aromatic rings. The molecule has 0 fully saturated rings. The summed E-state index contributed by atoms with van der Waals surface area (Å²) in [6.45, 7) is 5.72. The molecular formula is C6H16ClNO. The lowest BCUT2D eigenvalue weighted by atomic mass is 10.0. The Hall–Kier alpha value is 0.210. The van der Waals surface area contributed by atoms with Crippen LogP contribution in [0.2, 0.25) is 0 Å². The SMILES string of the molecule is CC(C)C(O)C(C)N.Cl. The van der Waals surface area contributed by atoms with Gasteiger partial charge >= 0.3 is 0 Å². The van der Waals surface area contributed by atoms with Crippen molar-refractivity contribution in [3.05, 3.63) is 0 Å². The van der Waals surface area contributed by atoms with E-state index in [1.54, 1.807) is 0 Å². The lowest BCUT2D eigenvalue weighted by Gasteiger charge is -2.17. The molecule has 0 aromatic heterocycles. The molecule has 0 spiro atoms. The molecule has 58 valence electrons. The number of hydrogen-bond donors (Lipinski definition) is 2. The Balaban J connectivity index is 0. The summed E-state index contributed by atoms with van der Waals surface area (Å²) in [5, 5.41) is 9.08. The maximum absolute atomic E-state index is 9.08. The van der Waals surface area contributed by atoms with Gasteiger partial charge in [0.2, 0.25) is 0 Å². The van der Waals surface area contributed by atoms with Crippen molar-refractivity contribution >= 4 is 12.4 Å². The number of aliphatic hydroxyl groups excluding tert-OH is 1. The second-order valence-corrected chi connectivity index (χ2v) is 2.59. The van der Waals surface area contributed by atoms with Crippen LogP contribution in [-0.2, 0) is 0 Å². The molecule has 0 aliphatic heterocycles. The predicted octanol–water partition coefficient (Wildman–Crippen LogP) is 0.772. The number of halogens is 1. The van der Waals surface area contributed by atoms with E-state index in [1.807, 2.05) is 20.8 Å². The molecule has 0 rings (SSSR count). The number of rotatable bonds is 2. The fourth-order valence-electron chi connectivity index (χ4n) is 0.607. The standard InChI is InChI=1S/C6H15NO.ClH/c1-4(2)6(8)5(3)7;/h4-6,8H,7H2,1-3H3;1H. The van der Waals surface area contributed by atoms with Gasteiger partial charge in [-0.25, -0.2) is 0 Å². The minimum absolute atomic E-state index is 0. The molecule has 2 atom stereocenters. The van der Waals surface area contributed by atoms with E-state index in [0.717, 1.165) is 0 Å². The van der Waals surface area contributed by atoms with Gasteiger partial charge in [0.15, 0.2) is 0 Å². The van der Waals surface area contributed by atoms with Crippen molar-refractivity contribution in [1.29, 1.82) is 0 Å². The van der Waals surface area contributed by atoms with Crippen LogP contribution in [0.5, 0.6) is 0 Å². The molecule has 3 N–H and O–H groups in total. The zero-order valence-electron chi connectivity index (χ0n) is 6.16. The predicted molar refractivity (Wildman–Crippen MR) is 41.7 cm³/mol. The Morgan fingerprint density at radius 1 is 1.22 bits per heavy atom. The molecule has 0 heterocycles. The van der Waals surface area contributed by atoms with E-state index in [2.05, 4.69) is 0 Å². The van der Waals surface area contributed by atoms with E-state index in [9.17, 15) is 0 Å². The second-order valence-electron chi connectivity index (χ2n) is 2.59. The third-order valence-corrected chi connectivity index (χ3v) is 1.22. The van der Waals surface area contributed by atoms with Crippen molar-refractivity contribution in [1.82, 2.24) is 0 Å². The molecule has 0 aliphatic rings. The van der Waals surface area contributed by atoms with Crippen molar-refractivity contribution in [2.45, 2.75) is 32.9 Å². The molecule has 0 saturated carbocycles. The van der Waals surface area contributed by atoms with Gasteiger partial charge in [0.05, 0.1) is 6.10 Å². The van der Waals surface area contributed by atoms with Gasteiger partial charge in [0, 0.05) is 6.04 Å². The first kappa shape index (κ1) is 11.9. The van der Waals surface area contributed by atoms with Gasteiger partial charge in [-0.2, -0.15) is 0 Å². The fraction of sp³-hybridized carbons (Fsp3) is 1.00. The number of hydrogen-bond acceptors (Lipinski definition) is 2. The first-order chi connectivity index (χ1) is 3.55. The van der Waals surface area contributed by atoms with E-state index >= 15 is 0 Å². The maximum atomic E-state index is 9.08. The van der Waals surface area contributed by atoms with Gasteiger partial charge in [-0.1, -0.05) is 13.8 Å². The Morgan fingerprint density at radius 3 is 1.56 bits per heavy atom. The molecule has 2 nitrogen and oxygen atoms in total. The number of nitrogens with two attached hydrogens (primary N) is 1. The van der Waals surface area contributed by atoms with Crippen molar-refractivity contribution in [2.24, 2.45) is 11.7 Å². The second kappa shape index (κ2) is 5.03. The van der Waals surface area contributed by atoms with Crippen LogP contribution >= 0.6 is 12.4 Å². The van der Waals surface area contributed by atoms with Crippen molar-refractivity contribution in [3.8, 4) is 0 Å². The average molecular weight is 154 g/mol. The molecule has 2 unspecified atom stereocenters. The summed E-state index contributed by atoms with van der Waals surface area (Å²) in [6.07, 6.45) is -0.352. The summed E-state index contributed by atoms with van der Waals surface area (Å²) in [6, 6.07) is -0.102. The van der Waals surface area contributed by atoms with Crippen LogP contribution in [0.15, 0.2) is 0 Å². The van der Waals surface area contributed by atoms with Crippen LogP contribution in [0.1, 0.15) is 20.8 Å². The third kappa shape index (κ3) is 4.70. The normalized spacial score (nSPS) is 16.7.